The first kappa shape index (κ1) is 17.4. The third-order valence-electron chi connectivity index (χ3n) is 2.55. The largest absolute Gasteiger partial charge is 0.478 e. The van der Waals surface area contributed by atoms with Gasteiger partial charge in [0.25, 0.3) is 0 Å². The summed E-state index contributed by atoms with van der Waals surface area (Å²) in [5.74, 6) is -1.15. The molecule has 22 heavy (non-hydrogen) atoms. The lowest BCUT2D eigenvalue weighted by molar-refractivity contribution is -0.479. The average molecular weight is 310 g/mol. The van der Waals surface area contributed by atoms with Crippen molar-refractivity contribution in [3.8, 4) is 0 Å². The van der Waals surface area contributed by atoms with Gasteiger partial charge < -0.3 is 9.84 Å². The van der Waals surface area contributed by atoms with Crippen LogP contribution in [-0.4, -0.2) is 34.2 Å². The van der Waals surface area contributed by atoms with Crippen LogP contribution in [0.15, 0.2) is 18.2 Å². The van der Waals surface area contributed by atoms with Crippen molar-refractivity contribution >= 4 is 17.7 Å². The Kier molecular flexibility index (Phi) is 5.44. The van der Waals surface area contributed by atoms with Gasteiger partial charge in [0.15, 0.2) is 0 Å². The van der Waals surface area contributed by atoms with Crippen LogP contribution in [0.4, 0.5) is 10.5 Å². The number of rotatable bonds is 5. The predicted octanol–water partition coefficient (Wildman–Crippen LogP) is 2.55. The number of nitro groups is 1. The highest BCUT2D eigenvalue weighted by Gasteiger charge is 2.18. The molecule has 1 rings (SSSR count). The highest BCUT2D eigenvalue weighted by Crippen LogP contribution is 2.20. The number of nitrogens with zero attached hydrogens (tertiary/aromatic N) is 1. The predicted molar refractivity (Wildman–Crippen MR) is 78.8 cm³/mol. The zero-order chi connectivity index (χ0) is 16.9. The highest BCUT2D eigenvalue weighted by molar-refractivity contribution is 5.91. The van der Waals surface area contributed by atoms with E-state index in [1.54, 1.807) is 20.8 Å². The van der Waals surface area contributed by atoms with Crippen molar-refractivity contribution in [2.75, 3.05) is 11.9 Å². The lowest BCUT2D eigenvalue weighted by Crippen LogP contribution is -2.27. The van der Waals surface area contributed by atoms with Crippen LogP contribution in [-0.2, 0) is 11.2 Å². The molecule has 1 aromatic rings. The summed E-state index contributed by atoms with van der Waals surface area (Å²) in [6, 6.07) is 4.01. The van der Waals surface area contributed by atoms with Crippen LogP contribution < -0.4 is 5.32 Å². The molecule has 0 unspecified atom stereocenters. The number of hydrogen-bond acceptors (Lipinski definition) is 5. The quantitative estimate of drug-likeness (QED) is 0.637. The standard InChI is InChI=1S/C14H18N2O6/c1-14(2,3)22-13(19)15-11-5-4-10(12(17)18)8-9(11)6-7-16(20)21/h4-5,8H,6-7H2,1-3H3,(H,15,19)(H,17,18). The Morgan fingerprint density at radius 2 is 2.00 bits per heavy atom. The molecule has 0 radical (unpaired) electrons. The van der Waals surface area contributed by atoms with E-state index in [0.29, 0.717) is 11.3 Å². The molecule has 0 aromatic heterocycles. The van der Waals surface area contributed by atoms with E-state index in [2.05, 4.69) is 5.32 Å². The summed E-state index contributed by atoms with van der Waals surface area (Å²) in [6.45, 7) is 4.74. The fourth-order valence-corrected chi connectivity index (χ4v) is 1.68. The molecule has 1 amide bonds. The van der Waals surface area contributed by atoms with E-state index >= 15 is 0 Å². The molecule has 0 aliphatic carbocycles. The third kappa shape index (κ3) is 5.78. The van der Waals surface area contributed by atoms with Gasteiger partial charge in [-0.1, -0.05) is 0 Å². The van der Waals surface area contributed by atoms with Gasteiger partial charge in [-0.15, -0.1) is 0 Å². The van der Waals surface area contributed by atoms with E-state index in [1.165, 1.54) is 18.2 Å². The summed E-state index contributed by atoms with van der Waals surface area (Å²) in [5.41, 5.74) is -0.0387. The summed E-state index contributed by atoms with van der Waals surface area (Å²) >= 11 is 0. The Hall–Kier alpha value is -2.64. The van der Waals surface area contributed by atoms with Crippen LogP contribution in [0.1, 0.15) is 36.7 Å². The maximum atomic E-state index is 11.8. The maximum Gasteiger partial charge on any atom is 0.412 e. The van der Waals surface area contributed by atoms with Crippen LogP contribution in [0.25, 0.3) is 0 Å². The van der Waals surface area contributed by atoms with Gasteiger partial charge in [0, 0.05) is 17.0 Å². The molecule has 8 heteroatoms. The summed E-state index contributed by atoms with van der Waals surface area (Å²) in [4.78, 5) is 32.7. The van der Waals surface area contributed by atoms with E-state index in [9.17, 15) is 19.7 Å². The number of amides is 1. The van der Waals surface area contributed by atoms with Gasteiger partial charge in [-0.3, -0.25) is 15.4 Å². The second-order valence-electron chi connectivity index (χ2n) is 5.61. The third-order valence-corrected chi connectivity index (χ3v) is 2.55. The Balaban J connectivity index is 2.98. The van der Waals surface area contributed by atoms with Crippen molar-refractivity contribution in [1.82, 2.24) is 0 Å². The molecule has 120 valence electrons. The van der Waals surface area contributed by atoms with Gasteiger partial charge >= 0.3 is 12.1 Å². The fourth-order valence-electron chi connectivity index (χ4n) is 1.68. The molecular weight excluding hydrogens is 292 g/mol. The number of carboxylic acids is 1. The molecule has 0 fully saturated rings. The van der Waals surface area contributed by atoms with Crippen molar-refractivity contribution in [2.24, 2.45) is 0 Å². The van der Waals surface area contributed by atoms with Crippen molar-refractivity contribution in [1.29, 1.82) is 0 Å². The second-order valence-corrected chi connectivity index (χ2v) is 5.61. The number of benzene rings is 1. The summed E-state index contributed by atoms with van der Waals surface area (Å²) in [7, 11) is 0. The van der Waals surface area contributed by atoms with Gasteiger partial charge in [0.2, 0.25) is 6.54 Å². The molecule has 0 heterocycles. The Morgan fingerprint density at radius 1 is 1.36 bits per heavy atom. The zero-order valence-electron chi connectivity index (χ0n) is 12.6. The normalized spacial score (nSPS) is 10.9. The van der Waals surface area contributed by atoms with Crippen molar-refractivity contribution in [2.45, 2.75) is 32.8 Å². The summed E-state index contributed by atoms with van der Waals surface area (Å²) < 4.78 is 5.10. The van der Waals surface area contributed by atoms with Crippen LogP contribution >= 0.6 is 0 Å². The zero-order valence-corrected chi connectivity index (χ0v) is 12.6. The molecule has 0 saturated carbocycles. The van der Waals surface area contributed by atoms with Crippen LogP contribution in [0, 0.1) is 10.1 Å². The lowest BCUT2D eigenvalue weighted by Gasteiger charge is -2.20. The van der Waals surface area contributed by atoms with E-state index < -0.39 is 22.6 Å². The Bertz CT molecular complexity index is 591. The van der Waals surface area contributed by atoms with Gasteiger partial charge in [-0.25, -0.2) is 9.59 Å². The van der Waals surface area contributed by atoms with Crippen molar-refractivity contribution in [3.05, 3.63) is 39.4 Å². The van der Waals surface area contributed by atoms with E-state index in [0.717, 1.165) is 0 Å². The fraction of sp³-hybridized carbons (Fsp3) is 0.429. The minimum Gasteiger partial charge on any atom is -0.478 e. The minimum atomic E-state index is -1.15. The lowest BCUT2D eigenvalue weighted by atomic mass is 10.1. The van der Waals surface area contributed by atoms with Gasteiger partial charge in [0.1, 0.15) is 5.60 Å². The number of carbonyl (C=O) groups excluding carboxylic acids is 1. The number of ether oxygens (including phenoxy) is 1. The number of aromatic carboxylic acids is 1. The first-order valence-corrected chi connectivity index (χ1v) is 6.56. The highest BCUT2D eigenvalue weighted by atomic mass is 16.6. The Morgan fingerprint density at radius 3 is 2.50 bits per heavy atom. The SMILES string of the molecule is CC(C)(C)OC(=O)Nc1ccc(C(=O)O)cc1CC[N+](=O)[O-]. The molecular formula is C14H18N2O6. The van der Waals surface area contributed by atoms with Crippen LogP contribution in [0.2, 0.25) is 0 Å². The first-order valence-electron chi connectivity index (χ1n) is 6.56. The Labute approximate surface area is 127 Å². The number of carbonyl (C=O) groups is 2. The smallest absolute Gasteiger partial charge is 0.412 e. The second kappa shape index (κ2) is 6.88. The molecule has 0 saturated heterocycles. The maximum absolute atomic E-state index is 11.8. The average Bonchev–Trinajstić information content (AvgIpc) is 2.34. The summed E-state index contributed by atoms with van der Waals surface area (Å²) in [5, 5.41) is 21.9. The van der Waals surface area contributed by atoms with E-state index in [1.807, 2.05) is 0 Å². The molecule has 0 bridgehead atoms. The van der Waals surface area contributed by atoms with Crippen molar-refractivity contribution in [3.63, 3.8) is 0 Å². The summed E-state index contributed by atoms with van der Waals surface area (Å²) in [6.07, 6.45) is -0.711. The van der Waals surface area contributed by atoms with Gasteiger partial charge in [-0.05, 0) is 44.5 Å². The monoisotopic (exact) mass is 310 g/mol. The molecule has 2 N–H and O–H groups in total. The topological polar surface area (TPSA) is 119 Å². The van der Waals surface area contributed by atoms with Gasteiger partial charge in [0.05, 0.1) is 5.56 Å². The van der Waals surface area contributed by atoms with E-state index in [4.69, 9.17) is 9.84 Å². The number of anilines is 1. The van der Waals surface area contributed by atoms with Gasteiger partial charge in [-0.2, -0.15) is 0 Å². The number of hydrogen-bond donors (Lipinski definition) is 2. The molecule has 8 nitrogen and oxygen atoms in total. The molecule has 0 spiro atoms. The molecule has 0 aliphatic heterocycles. The van der Waals surface area contributed by atoms with E-state index in [-0.39, 0.29) is 18.5 Å². The minimum absolute atomic E-state index is 0.000743. The van der Waals surface area contributed by atoms with Crippen LogP contribution in [0.3, 0.4) is 0 Å². The number of carboxylic acid groups (broad SMARTS) is 1. The van der Waals surface area contributed by atoms with Crippen molar-refractivity contribution < 1.29 is 24.4 Å². The van der Waals surface area contributed by atoms with Crippen LogP contribution in [0.5, 0.6) is 0 Å². The first-order chi connectivity index (χ1) is 10.1. The molecule has 1 aromatic carbocycles. The molecule has 0 aliphatic rings. The molecule has 0 atom stereocenters. The number of nitrogens with one attached hydrogen (secondary N) is 1.